The number of hydrogen-bond acceptors (Lipinski definition) is 6. The third-order valence-corrected chi connectivity index (χ3v) is 5.48. The van der Waals surface area contributed by atoms with E-state index >= 15 is 0 Å². The van der Waals surface area contributed by atoms with Gasteiger partial charge in [0.05, 0.1) is 28.8 Å². The van der Waals surface area contributed by atoms with E-state index in [1.807, 2.05) is 28.8 Å². The van der Waals surface area contributed by atoms with Crippen LogP contribution in [-0.2, 0) is 17.5 Å². The van der Waals surface area contributed by atoms with Crippen LogP contribution in [0.3, 0.4) is 0 Å². The SMILES string of the molecule is O=c1n(Cc2ccc(-c3nnc(C(F)(F)F)o3)cn2)c2ccccc2n1C1CCOCC1. The van der Waals surface area contributed by atoms with Crippen molar-refractivity contribution in [3.63, 3.8) is 0 Å². The number of aromatic nitrogens is 5. The van der Waals surface area contributed by atoms with Crippen molar-refractivity contribution in [2.75, 3.05) is 13.2 Å². The average molecular weight is 445 g/mol. The van der Waals surface area contributed by atoms with Crippen LogP contribution in [0.5, 0.6) is 0 Å². The first-order valence-electron chi connectivity index (χ1n) is 10.1. The van der Waals surface area contributed by atoms with E-state index < -0.39 is 12.1 Å². The van der Waals surface area contributed by atoms with Crippen molar-refractivity contribution in [3.05, 3.63) is 64.7 Å². The van der Waals surface area contributed by atoms with Crippen molar-refractivity contribution < 1.29 is 22.3 Å². The van der Waals surface area contributed by atoms with Crippen molar-refractivity contribution in [1.29, 1.82) is 0 Å². The van der Waals surface area contributed by atoms with E-state index in [2.05, 4.69) is 19.6 Å². The summed E-state index contributed by atoms with van der Waals surface area (Å²) in [5.74, 6) is -1.69. The molecule has 3 aromatic heterocycles. The van der Waals surface area contributed by atoms with Crippen LogP contribution < -0.4 is 5.69 Å². The summed E-state index contributed by atoms with van der Waals surface area (Å²) in [6.45, 7) is 1.45. The van der Waals surface area contributed by atoms with Crippen molar-refractivity contribution in [3.8, 4) is 11.5 Å². The third kappa shape index (κ3) is 3.68. The minimum Gasteiger partial charge on any atom is -0.413 e. The Hall–Kier alpha value is -3.47. The van der Waals surface area contributed by atoms with Crippen molar-refractivity contribution in [2.45, 2.75) is 31.6 Å². The van der Waals surface area contributed by atoms with Crippen molar-refractivity contribution in [1.82, 2.24) is 24.3 Å². The highest BCUT2D eigenvalue weighted by molar-refractivity contribution is 5.76. The molecule has 1 fully saturated rings. The molecule has 0 aliphatic carbocycles. The quantitative estimate of drug-likeness (QED) is 0.476. The standard InChI is InChI=1S/C21H18F3N5O3/c22-21(23,24)19-27-26-18(32-19)13-5-6-14(25-11-13)12-28-16-3-1-2-4-17(16)29(20(28)30)15-7-9-31-10-8-15/h1-6,11,15H,7-10,12H2. The summed E-state index contributed by atoms with van der Waals surface area (Å²) in [6, 6.07) is 10.8. The summed E-state index contributed by atoms with van der Waals surface area (Å²) in [7, 11) is 0. The highest BCUT2D eigenvalue weighted by Crippen LogP contribution is 2.30. The Labute approximate surface area is 179 Å². The molecule has 4 aromatic rings. The Kier molecular flexibility index (Phi) is 5.04. The predicted molar refractivity (Wildman–Crippen MR) is 107 cm³/mol. The minimum atomic E-state index is -4.71. The molecule has 1 aliphatic heterocycles. The summed E-state index contributed by atoms with van der Waals surface area (Å²) >= 11 is 0. The summed E-state index contributed by atoms with van der Waals surface area (Å²) in [4.78, 5) is 17.6. The lowest BCUT2D eigenvalue weighted by Crippen LogP contribution is -2.31. The highest BCUT2D eigenvalue weighted by Gasteiger charge is 2.38. The molecular weight excluding hydrogens is 427 g/mol. The molecule has 0 saturated carbocycles. The molecule has 4 heterocycles. The predicted octanol–water partition coefficient (Wildman–Crippen LogP) is 3.67. The van der Waals surface area contributed by atoms with Crippen LogP contribution in [0.2, 0.25) is 0 Å². The third-order valence-electron chi connectivity index (χ3n) is 5.48. The number of ether oxygens (including phenoxy) is 1. The van der Waals surface area contributed by atoms with E-state index in [-0.39, 0.29) is 29.7 Å². The lowest BCUT2D eigenvalue weighted by molar-refractivity contribution is -0.156. The van der Waals surface area contributed by atoms with E-state index in [0.717, 1.165) is 23.9 Å². The maximum atomic E-state index is 13.3. The fourth-order valence-electron chi connectivity index (χ4n) is 3.94. The number of alkyl halides is 3. The normalized spacial score (nSPS) is 15.5. The van der Waals surface area contributed by atoms with Gasteiger partial charge < -0.3 is 9.15 Å². The minimum absolute atomic E-state index is 0.0677. The Morgan fingerprint density at radius 3 is 2.44 bits per heavy atom. The van der Waals surface area contributed by atoms with Crippen LogP contribution in [0, 0.1) is 0 Å². The number of nitrogens with zero attached hydrogens (tertiary/aromatic N) is 5. The summed E-state index contributed by atoms with van der Waals surface area (Å²) < 4.78 is 51.6. The average Bonchev–Trinajstić information content (AvgIpc) is 3.39. The first-order chi connectivity index (χ1) is 15.4. The van der Waals surface area contributed by atoms with Crippen molar-refractivity contribution in [2.24, 2.45) is 0 Å². The molecule has 0 unspecified atom stereocenters. The topological polar surface area (TPSA) is 88.0 Å². The van der Waals surface area contributed by atoms with E-state index in [4.69, 9.17) is 4.74 Å². The number of fused-ring (bicyclic) bond motifs is 1. The van der Waals surface area contributed by atoms with Crippen LogP contribution in [0.15, 0.2) is 51.8 Å². The maximum absolute atomic E-state index is 13.3. The number of para-hydroxylation sites is 2. The first-order valence-corrected chi connectivity index (χ1v) is 10.1. The van der Waals surface area contributed by atoms with Crippen molar-refractivity contribution >= 4 is 11.0 Å². The van der Waals surface area contributed by atoms with E-state index in [0.29, 0.717) is 18.9 Å². The van der Waals surface area contributed by atoms with E-state index in [9.17, 15) is 18.0 Å². The number of halogens is 3. The number of hydrogen-bond donors (Lipinski definition) is 0. The van der Waals surface area contributed by atoms with Gasteiger partial charge in [0, 0.05) is 25.5 Å². The Morgan fingerprint density at radius 2 is 1.78 bits per heavy atom. The van der Waals surface area contributed by atoms with Gasteiger partial charge in [0.25, 0.3) is 0 Å². The Morgan fingerprint density at radius 1 is 1.03 bits per heavy atom. The van der Waals surface area contributed by atoms with Gasteiger partial charge in [-0.1, -0.05) is 12.1 Å². The molecule has 0 N–H and O–H groups in total. The maximum Gasteiger partial charge on any atom is 0.470 e. The molecule has 8 nitrogen and oxygen atoms in total. The second kappa shape index (κ2) is 7.90. The highest BCUT2D eigenvalue weighted by atomic mass is 19.4. The van der Waals surface area contributed by atoms with Crippen LogP contribution in [0.1, 0.15) is 30.5 Å². The number of pyridine rings is 1. The smallest absolute Gasteiger partial charge is 0.413 e. The van der Waals surface area contributed by atoms with Gasteiger partial charge in [-0.3, -0.25) is 14.1 Å². The number of rotatable bonds is 4. The molecule has 0 spiro atoms. The van der Waals surface area contributed by atoms with Gasteiger partial charge in [-0.15, -0.1) is 10.2 Å². The molecule has 11 heteroatoms. The molecule has 1 aliphatic rings. The second-order valence-corrected chi connectivity index (χ2v) is 7.52. The fourth-order valence-corrected chi connectivity index (χ4v) is 3.94. The van der Waals surface area contributed by atoms with Crippen LogP contribution in [0.25, 0.3) is 22.5 Å². The fraction of sp³-hybridized carbons (Fsp3) is 0.333. The molecule has 1 saturated heterocycles. The molecule has 166 valence electrons. The van der Waals surface area contributed by atoms with Crippen LogP contribution in [-0.4, -0.2) is 37.5 Å². The summed E-state index contributed by atoms with van der Waals surface area (Å²) in [6.07, 6.45) is -1.82. The monoisotopic (exact) mass is 445 g/mol. The molecule has 1 aromatic carbocycles. The molecule has 32 heavy (non-hydrogen) atoms. The van der Waals surface area contributed by atoms with Gasteiger partial charge in [-0.05, 0) is 37.1 Å². The van der Waals surface area contributed by atoms with Gasteiger partial charge in [-0.2, -0.15) is 13.2 Å². The van der Waals surface area contributed by atoms with Gasteiger partial charge in [0.1, 0.15) is 0 Å². The molecule has 0 amide bonds. The molecule has 0 atom stereocenters. The van der Waals surface area contributed by atoms with E-state index in [1.165, 1.54) is 6.20 Å². The number of imidazole rings is 1. The van der Waals surface area contributed by atoms with Gasteiger partial charge in [0.15, 0.2) is 0 Å². The van der Waals surface area contributed by atoms with Gasteiger partial charge >= 0.3 is 17.8 Å². The Bertz CT molecular complexity index is 1300. The second-order valence-electron chi connectivity index (χ2n) is 7.52. The van der Waals surface area contributed by atoms with Crippen LogP contribution >= 0.6 is 0 Å². The largest absolute Gasteiger partial charge is 0.470 e. The van der Waals surface area contributed by atoms with Gasteiger partial charge in [-0.25, -0.2) is 4.79 Å². The first kappa shape index (κ1) is 20.4. The molecule has 5 rings (SSSR count). The lowest BCUT2D eigenvalue weighted by Gasteiger charge is -2.23. The zero-order chi connectivity index (χ0) is 22.3. The van der Waals surface area contributed by atoms with Gasteiger partial charge in [0.2, 0.25) is 5.89 Å². The Balaban J connectivity index is 1.45. The molecule has 0 bridgehead atoms. The van der Waals surface area contributed by atoms with Crippen LogP contribution in [0.4, 0.5) is 13.2 Å². The molecule has 0 radical (unpaired) electrons. The lowest BCUT2D eigenvalue weighted by atomic mass is 10.1. The summed E-state index contributed by atoms with van der Waals surface area (Å²) in [5, 5.41) is 6.45. The van der Waals surface area contributed by atoms with E-state index in [1.54, 1.807) is 16.7 Å². The molecular formula is C21H18F3N5O3. The zero-order valence-electron chi connectivity index (χ0n) is 16.7. The zero-order valence-corrected chi connectivity index (χ0v) is 16.7. The number of benzene rings is 1. The summed E-state index contributed by atoms with van der Waals surface area (Å²) in [5.41, 5.74) is 2.35.